The zero-order valence-electron chi connectivity index (χ0n) is 4.80. The van der Waals surface area contributed by atoms with Gasteiger partial charge >= 0.3 is 0 Å². The largest absolute Gasteiger partial charge is 0.366 e. The summed E-state index contributed by atoms with van der Waals surface area (Å²) in [5.74, 6) is 1.21. The normalized spacial score (nSPS) is 30.4. The molecule has 1 heterocycles. The van der Waals surface area contributed by atoms with Gasteiger partial charge in [0.15, 0.2) is 0 Å². The highest BCUT2D eigenvalue weighted by Gasteiger charge is 2.10. The molecule has 0 bridgehead atoms. The molecule has 1 atom stereocenters. The van der Waals surface area contributed by atoms with Crippen LogP contribution in [-0.4, -0.2) is 24.3 Å². The Morgan fingerprint density at radius 1 is 1.75 bits per heavy atom. The zero-order valence-corrected chi connectivity index (χ0v) is 5.62. The lowest BCUT2D eigenvalue weighted by Gasteiger charge is -2.19. The molecule has 48 valence electrons. The first-order valence-corrected chi connectivity index (χ1v) is 3.91. The lowest BCUT2D eigenvalue weighted by atomic mass is 10.5. The van der Waals surface area contributed by atoms with Crippen molar-refractivity contribution < 1.29 is 4.74 Å². The van der Waals surface area contributed by atoms with Crippen LogP contribution < -0.4 is 5.73 Å². The van der Waals surface area contributed by atoms with Crippen molar-refractivity contribution in [3.63, 3.8) is 0 Å². The molecule has 2 nitrogen and oxygen atoms in total. The van der Waals surface area contributed by atoms with Crippen molar-refractivity contribution in [2.24, 2.45) is 5.73 Å². The smallest absolute Gasteiger partial charge is 0.115 e. The van der Waals surface area contributed by atoms with Gasteiger partial charge in [-0.05, 0) is 12.2 Å². The fraction of sp³-hybridized carbons (Fsp3) is 1.00. The van der Waals surface area contributed by atoms with E-state index in [1.54, 1.807) is 0 Å². The molecule has 1 aliphatic heterocycles. The van der Waals surface area contributed by atoms with E-state index in [1.807, 2.05) is 11.8 Å². The number of rotatable bonds is 1. The van der Waals surface area contributed by atoms with Gasteiger partial charge in [-0.15, -0.1) is 11.8 Å². The standard InChI is InChI=1S/C5H11NOS/c6-4-5-7-2-1-3-8-5/h5H,1-4,6H2. The van der Waals surface area contributed by atoms with Crippen LogP contribution in [0.1, 0.15) is 6.42 Å². The Hall–Kier alpha value is 0.270. The summed E-state index contributed by atoms with van der Waals surface area (Å²) in [5, 5.41) is 0. The molecular weight excluding hydrogens is 122 g/mol. The van der Waals surface area contributed by atoms with Gasteiger partial charge in [-0.2, -0.15) is 0 Å². The summed E-state index contributed by atoms with van der Waals surface area (Å²) in [5.41, 5.74) is 5.64. The Labute approximate surface area is 53.8 Å². The molecule has 0 aromatic heterocycles. The molecule has 8 heavy (non-hydrogen) atoms. The third-order valence-corrected chi connectivity index (χ3v) is 2.31. The van der Waals surface area contributed by atoms with Gasteiger partial charge in [-0.3, -0.25) is 0 Å². The van der Waals surface area contributed by atoms with Crippen molar-refractivity contribution in [1.29, 1.82) is 0 Å². The Morgan fingerprint density at radius 2 is 2.62 bits per heavy atom. The first-order chi connectivity index (χ1) is 3.93. The van der Waals surface area contributed by atoms with Crippen LogP contribution in [-0.2, 0) is 4.74 Å². The van der Waals surface area contributed by atoms with Crippen LogP contribution in [0.3, 0.4) is 0 Å². The van der Waals surface area contributed by atoms with E-state index in [9.17, 15) is 0 Å². The number of ether oxygens (including phenoxy) is 1. The van der Waals surface area contributed by atoms with E-state index < -0.39 is 0 Å². The maximum atomic E-state index is 5.36. The van der Waals surface area contributed by atoms with Crippen LogP contribution in [0.5, 0.6) is 0 Å². The summed E-state index contributed by atoms with van der Waals surface area (Å²) in [6.07, 6.45) is 1.18. The quantitative estimate of drug-likeness (QED) is 0.563. The molecule has 2 N–H and O–H groups in total. The average molecular weight is 133 g/mol. The van der Waals surface area contributed by atoms with Gasteiger partial charge in [0.05, 0.1) is 0 Å². The van der Waals surface area contributed by atoms with Crippen molar-refractivity contribution in [1.82, 2.24) is 0 Å². The maximum absolute atomic E-state index is 5.36. The second-order valence-electron chi connectivity index (χ2n) is 1.76. The van der Waals surface area contributed by atoms with Crippen molar-refractivity contribution >= 4 is 11.8 Å². The van der Waals surface area contributed by atoms with Crippen LogP contribution in [0, 0.1) is 0 Å². The van der Waals surface area contributed by atoms with Gasteiger partial charge in [0.2, 0.25) is 0 Å². The van der Waals surface area contributed by atoms with Crippen molar-refractivity contribution in [3.8, 4) is 0 Å². The summed E-state index contributed by atoms with van der Waals surface area (Å²) >= 11 is 1.82. The molecule has 1 rings (SSSR count). The molecule has 0 radical (unpaired) electrons. The van der Waals surface area contributed by atoms with Gasteiger partial charge in [0.25, 0.3) is 0 Å². The van der Waals surface area contributed by atoms with Crippen LogP contribution in [0.15, 0.2) is 0 Å². The summed E-state index contributed by atoms with van der Waals surface area (Å²) in [7, 11) is 0. The molecule has 1 fully saturated rings. The molecule has 3 heteroatoms. The lowest BCUT2D eigenvalue weighted by Crippen LogP contribution is -2.24. The second-order valence-corrected chi connectivity index (χ2v) is 3.03. The number of hydrogen-bond acceptors (Lipinski definition) is 3. The van der Waals surface area contributed by atoms with E-state index in [0.717, 1.165) is 6.61 Å². The highest BCUT2D eigenvalue weighted by molar-refractivity contribution is 7.99. The van der Waals surface area contributed by atoms with Gasteiger partial charge in [-0.25, -0.2) is 0 Å². The Kier molecular flexibility index (Phi) is 2.66. The van der Waals surface area contributed by atoms with Crippen LogP contribution in [0.25, 0.3) is 0 Å². The van der Waals surface area contributed by atoms with Gasteiger partial charge in [0.1, 0.15) is 5.44 Å². The van der Waals surface area contributed by atoms with Crippen molar-refractivity contribution in [2.75, 3.05) is 18.9 Å². The maximum Gasteiger partial charge on any atom is 0.115 e. The minimum atomic E-state index is 0.281. The zero-order chi connectivity index (χ0) is 5.82. The molecule has 0 amide bonds. The van der Waals surface area contributed by atoms with Gasteiger partial charge in [-0.1, -0.05) is 0 Å². The summed E-state index contributed by atoms with van der Waals surface area (Å²) in [6.45, 7) is 1.56. The Balaban J connectivity index is 2.13. The minimum absolute atomic E-state index is 0.281. The fourth-order valence-electron chi connectivity index (χ4n) is 0.673. The highest BCUT2D eigenvalue weighted by Crippen LogP contribution is 2.17. The molecule has 0 aliphatic carbocycles. The number of thioether (sulfide) groups is 1. The second kappa shape index (κ2) is 3.33. The summed E-state index contributed by atoms with van der Waals surface area (Å²) < 4.78 is 5.27. The predicted octanol–water partition coefficient (Wildman–Crippen LogP) is 0.425. The molecule has 0 saturated carbocycles. The van der Waals surface area contributed by atoms with E-state index in [4.69, 9.17) is 10.5 Å². The van der Waals surface area contributed by atoms with Crippen molar-refractivity contribution in [3.05, 3.63) is 0 Å². The Bertz CT molecular complexity index is 63.4. The predicted molar refractivity (Wildman–Crippen MR) is 35.9 cm³/mol. The number of nitrogens with two attached hydrogens (primary N) is 1. The van der Waals surface area contributed by atoms with Gasteiger partial charge in [0, 0.05) is 13.2 Å². The molecular formula is C5H11NOS. The van der Waals surface area contributed by atoms with Crippen LogP contribution in [0.2, 0.25) is 0 Å². The van der Waals surface area contributed by atoms with Gasteiger partial charge < -0.3 is 10.5 Å². The third-order valence-electron chi connectivity index (χ3n) is 1.09. The molecule has 0 aromatic rings. The molecule has 0 spiro atoms. The monoisotopic (exact) mass is 133 g/mol. The van der Waals surface area contributed by atoms with Crippen LogP contribution >= 0.6 is 11.8 Å². The number of hydrogen-bond donors (Lipinski definition) is 1. The SMILES string of the molecule is NCC1OCCCS1. The molecule has 1 unspecified atom stereocenters. The average Bonchev–Trinajstić information content (AvgIpc) is 1.90. The van der Waals surface area contributed by atoms with E-state index >= 15 is 0 Å². The van der Waals surface area contributed by atoms with Crippen molar-refractivity contribution in [2.45, 2.75) is 11.9 Å². The first kappa shape index (κ1) is 6.39. The topological polar surface area (TPSA) is 35.2 Å². The van der Waals surface area contributed by atoms with E-state index in [1.165, 1.54) is 12.2 Å². The van der Waals surface area contributed by atoms with E-state index in [2.05, 4.69) is 0 Å². The molecule has 1 aliphatic rings. The van der Waals surface area contributed by atoms with E-state index in [0.29, 0.717) is 6.54 Å². The lowest BCUT2D eigenvalue weighted by molar-refractivity contribution is 0.111. The van der Waals surface area contributed by atoms with E-state index in [-0.39, 0.29) is 5.44 Å². The molecule has 1 saturated heterocycles. The fourth-order valence-corrected chi connectivity index (χ4v) is 1.55. The Morgan fingerprint density at radius 3 is 3.00 bits per heavy atom. The first-order valence-electron chi connectivity index (χ1n) is 2.87. The highest BCUT2D eigenvalue weighted by atomic mass is 32.2. The summed E-state index contributed by atoms with van der Waals surface area (Å²) in [6, 6.07) is 0. The van der Waals surface area contributed by atoms with Crippen LogP contribution in [0.4, 0.5) is 0 Å². The molecule has 0 aromatic carbocycles. The summed E-state index contributed by atoms with van der Waals surface area (Å²) in [4.78, 5) is 0. The third kappa shape index (κ3) is 1.65. The minimum Gasteiger partial charge on any atom is -0.366 e.